The van der Waals surface area contributed by atoms with E-state index >= 15 is 0 Å². The van der Waals surface area contributed by atoms with E-state index in [-0.39, 0.29) is 5.97 Å². The van der Waals surface area contributed by atoms with Gasteiger partial charge in [-0.05, 0) is 36.4 Å². The highest BCUT2D eigenvalue weighted by atomic mass is 35.5. The summed E-state index contributed by atoms with van der Waals surface area (Å²) in [6, 6.07) is 25.4. The quantitative estimate of drug-likeness (QED) is 0.329. The number of para-hydroxylation sites is 2. The van der Waals surface area contributed by atoms with Crippen LogP contribution < -0.4 is 4.90 Å². The third-order valence-corrected chi connectivity index (χ3v) is 5.66. The standard InChI is InChI=1S/C25H24ClN3O2/c1-31-25(30)20-13-11-19(12-14-20)24(27-23-10-6-5-9-22(23)26)29-17-15-28(16-18-29)21-7-3-2-4-8-21/h2-14H,15-18H2,1H3/b27-24-. The molecule has 6 heteroatoms. The predicted octanol–water partition coefficient (Wildman–Crippen LogP) is 5.03. The maximum Gasteiger partial charge on any atom is 0.337 e. The molecule has 0 bridgehead atoms. The van der Waals surface area contributed by atoms with Crippen LogP contribution in [0.5, 0.6) is 0 Å². The first-order valence-corrected chi connectivity index (χ1v) is 10.6. The number of piperazine rings is 1. The Balaban J connectivity index is 1.62. The molecule has 0 spiro atoms. The van der Waals surface area contributed by atoms with Gasteiger partial charge in [0.2, 0.25) is 0 Å². The lowest BCUT2D eigenvalue weighted by Gasteiger charge is -2.38. The van der Waals surface area contributed by atoms with E-state index < -0.39 is 0 Å². The number of hydrogen-bond acceptors (Lipinski definition) is 4. The van der Waals surface area contributed by atoms with Crippen molar-refractivity contribution in [3.8, 4) is 0 Å². The van der Waals surface area contributed by atoms with E-state index in [2.05, 4.69) is 34.1 Å². The number of halogens is 1. The zero-order chi connectivity index (χ0) is 21.6. The summed E-state index contributed by atoms with van der Waals surface area (Å²) in [6.07, 6.45) is 0. The van der Waals surface area contributed by atoms with Gasteiger partial charge in [-0.15, -0.1) is 0 Å². The van der Waals surface area contributed by atoms with Crippen molar-refractivity contribution in [3.63, 3.8) is 0 Å². The van der Waals surface area contributed by atoms with Gasteiger partial charge in [-0.2, -0.15) is 0 Å². The molecule has 1 aliphatic heterocycles. The first-order chi connectivity index (χ1) is 15.2. The van der Waals surface area contributed by atoms with E-state index in [0.717, 1.165) is 43.3 Å². The maximum atomic E-state index is 11.8. The number of benzene rings is 3. The fourth-order valence-corrected chi connectivity index (χ4v) is 3.84. The van der Waals surface area contributed by atoms with E-state index in [0.29, 0.717) is 10.6 Å². The second-order valence-electron chi connectivity index (χ2n) is 7.27. The van der Waals surface area contributed by atoms with Gasteiger partial charge in [-0.3, -0.25) is 0 Å². The molecule has 0 atom stereocenters. The molecule has 0 amide bonds. The number of nitrogens with zero attached hydrogens (tertiary/aromatic N) is 3. The smallest absolute Gasteiger partial charge is 0.337 e. The molecular formula is C25H24ClN3O2. The molecule has 158 valence electrons. The van der Waals surface area contributed by atoms with Crippen molar-refractivity contribution in [3.05, 3.63) is 95.0 Å². The second kappa shape index (κ2) is 9.67. The minimum atomic E-state index is -0.354. The average Bonchev–Trinajstić information content (AvgIpc) is 2.84. The highest BCUT2D eigenvalue weighted by Gasteiger charge is 2.22. The Morgan fingerprint density at radius 1 is 0.839 bits per heavy atom. The molecule has 1 heterocycles. The molecule has 1 fully saturated rings. The van der Waals surface area contributed by atoms with Crippen LogP contribution in [0.3, 0.4) is 0 Å². The van der Waals surface area contributed by atoms with Gasteiger partial charge in [0.15, 0.2) is 0 Å². The second-order valence-corrected chi connectivity index (χ2v) is 7.67. The Labute approximate surface area is 187 Å². The number of ether oxygens (including phenoxy) is 1. The van der Waals surface area contributed by atoms with E-state index in [1.807, 2.05) is 42.5 Å². The van der Waals surface area contributed by atoms with E-state index in [9.17, 15) is 4.79 Å². The van der Waals surface area contributed by atoms with Crippen LogP contribution in [0, 0.1) is 0 Å². The number of methoxy groups -OCH3 is 1. The minimum Gasteiger partial charge on any atom is -0.465 e. The molecule has 0 aliphatic carbocycles. The number of rotatable bonds is 4. The molecule has 0 aromatic heterocycles. The lowest BCUT2D eigenvalue weighted by molar-refractivity contribution is 0.0600. The van der Waals surface area contributed by atoms with Crippen molar-refractivity contribution in [2.45, 2.75) is 0 Å². The summed E-state index contributed by atoms with van der Waals surface area (Å²) in [5.41, 5.74) is 3.40. The van der Waals surface area contributed by atoms with Crippen molar-refractivity contribution in [2.24, 2.45) is 4.99 Å². The molecular weight excluding hydrogens is 410 g/mol. The van der Waals surface area contributed by atoms with Gasteiger partial charge in [0, 0.05) is 37.4 Å². The van der Waals surface area contributed by atoms with Gasteiger partial charge in [0.05, 0.1) is 23.4 Å². The lowest BCUT2D eigenvalue weighted by Crippen LogP contribution is -2.49. The molecule has 0 N–H and O–H groups in total. The SMILES string of the molecule is COC(=O)c1ccc(/C(=N/c2ccccc2Cl)N2CCN(c3ccccc3)CC2)cc1. The highest BCUT2D eigenvalue weighted by Crippen LogP contribution is 2.26. The van der Waals surface area contributed by atoms with E-state index in [1.165, 1.54) is 12.8 Å². The molecule has 1 saturated heterocycles. The number of amidine groups is 1. The summed E-state index contributed by atoms with van der Waals surface area (Å²) in [6.45, 7) is 3.45. The fourth-order valence-electron chi connectivity index (χ4n) is 3.66. The Bertz CT molecular complexity index is 1060. The molecule has 1 aliphatic rings. The summed E-state index contributed by atoms with van der Waals surface area (Å²) in [7, 11) is 1.38. The zero-order valence-corrected chi connectivity index (χ0v) is 18.1. The van der Waals surface area contributed by atoms with Gasteiger partial charge in [0.1, 0.15) is 5.84 Å². The first-order valence-electron chi connectivity index (χ1n) is 10.2. The molecule has 0 unspecified atom stereocenters. The third-order valence-electron chi connectivity index (χ3n) is 5.34. The molecule has 4 rings (SSSR count). The summed E-state index contributed by atoms with van der Waals surface area (Å²) >= 11 is 6.39. The number of esters is 1. The van der Waals surface area contributed by atoms with E-state index in [4.69, 9.17) is 21.3 Å². The normalized spacial score (nSPS) is 14.5. The maximum absolute atomic E-state index is 11.8. The Morgan fingerprint density at radius 3 is 2.10 bits per heavy atom. The Hall–Kier alpha value is -3.31. The van der Waals surface area contributed by atoms with Crippen LogP contribution in [0.25, 0.3) is 0 Å². The summed E-state index contributed by atoms with van der Waals surface area (Å²) in [5.74, 6) is 0.491. The minimum absolute atomic E-state index is 0.354. The predicted molar refractivity (Wildman–Crippen MR) is 126 cm³/mol. The number of hydrogen-bond donors (Lipinski definition) is 0. The largest absolute Gasteiger partial charge is 0.465 e. The molecule has 31 heavy (non-hydrogen) atoms. The molecule has 3 aromatic carbocycles. The van der Waals surface area contributed by atoms with Crippen molar-refractivity contribution >= 4 is 34.8 Å². The van der Waals surface area contributed by atoms with Crippen LogP contribution in [-0.4, -0.2) is 50.0 Å². The van der Waals surface area contributed by atoms with Crippen molar-refractivity contribution in [1.82, 2.24) is 4.90 Å². The van der Waals surface area contributed by atoms with Gasteiger partial charge >= 0.3 is 5.97 Å². The van der Waals surface area contributed by atoms with E-state index in [1.54, 1.807) is 12.1 Å². The van der Waals surface area contributed by atoms with Crippen LogP contribution in [0.4, 0.5) is 11.4 Å². The van der Waals surface area contributed by atoms with Crippen LogP contribution >= 0.6 is 11.6 Å². The fraction of sp³-hybridized carbons (Fsp3) is 0.200. The summed E-state index contributed by atoms with van der Waals surface area (Å²) in [5, 5.41) is 0.606. The molecule has 3 aromatic rings. The number of carbonyl (C=O) groups excluding carboxylic acids is 1. The van der Waals surface area contributed by atoms with Crippen molar-refractivity contribution < 1.29 is 9.53 Å². The first kappa shape index (κ1) is 20.9. The summed E-state index contributed by atoms with van der Waals surface area (Å²) in [4.78, 5) is 21.4. The monoisotopic (exact) mass is 433 g/mol. The van der Waals surface area contributed by atoms with Gasteiger partial charge in [-0.1, -0.05) is 54.1 Å². The van der Waals surface area contributed by atoms with Gasteiger partial charge in [0.25, 0.3) is 0 Å². The number of anilines is 1. The van der Waals surface area contributed by atoms with Gasteiger partial charge in [-0.25, -0.2) is 9.79 Å². The topological polar surface area (TPSA) is 45.1 Å². The summed E-state index contributed by atoms with van der Waals surface area (Å²) < 4.78 is 4.82. The van der Waals surface area contributed by atoms with Crippen LogP contribution in [0.1, 0.15) is 15.9 Å². The van der Waals surface area contributed by atoms with Crippen molar-refractivity contribution in [2.75, 3.05) is 38.2 Å². The molecule has 0 radical (unpaired) electrons. The van der Waals surface area contributed by atoms with Gasteiger partial charge < -0.3 is 14.5 Å². The van der Waals surface area contributed by atoms with Crippen LogP contribution in [-0.2, 0) is 4.74 Å². The van der Waals surface area contributed by atoms with Crippen molar-refractivity contribution in [1.29, 1.82) is 0 Å². The lowest BCUT2D eigenvalue weighted by atomic mass is 10.1. The average molecular weight is 434 g/mol. The zero-order valence-electron chi connectivity index (χ0n) is 17.4. The Kier molecular flexibility index (Phi) is 6.53. The highest BCUT2D eigenvalue weighted by molar-refractivity contribution is 6.33. The number of aliphatic imine (C=N–C) groups is 1. The molecule has 5 nitrogen and oxygen atoms in total. The van der Waals surface area contributed by atoms with Crippen LogP contribution in [0.2, 0.25) is 5.02 Å². The molecule has 0 saturated carbocycles. The Morgan fingerprint density at radius 2 is 1.45 bits per heavy atom. The van der Waals surface area contributed by atoms with Crippen LogP contribution in [0.15, 0.2) is 83.9 Å². The number of carbonyl (C=O) groups is 1. The third kappa shape index (κ3) is 4.89.